The van der Waals surface area contributed by atoms with E-state index in [1.165, 1.54) is 18.9 Å². The average molecular weight is 212 g/mol. The van der Waals surface area contributed by atoms with E-state index in [0.717, 1.165) is 24.9 Å². The molecular formula is C11H14F2N2. The average Bonchev–Trinajstić information content (AvgIpc) is 2.97. The third kappa shape index (κ3) is 2.58. The first kappa shape index (κ1) is 10.2. The van der Waals surface area contributed by atoms with Crippen molar-refractivity contribution < 1.29 is 8.78 Å². The van der Waals surface area contributed by atoms with Gasteiger partial charge in [-0.1, -0.05) is 12.8 Å². The van der Waals surface area contributed by atoms with E-state index in [0.29, 0.717) is 5.69 Å². The minimum Gasteiger partial charge on any atom is -0.395 e. The third-order valence-electron chi connectivity index (χ3n) is 2.66. The van der Waals surface area contributed by atoms with Crippen LogP contribution in [-0.2, 0) is 0 Å². The van der Waals surface area contributed by atoms with Crippen LogP contribution in [0.5, 0.6) is 0 Å². The Bertz CT molecular complexity index is 362. The van der Waals surface area contributed by atoms with Crippen molar-refractivity contribution in [3.63, 3.8) is 0 Å². The van der Waals surface area contributed by atoms with Gasteiger partial charge in [0.05, 0.1) is 11.4 Å². The highest BCUT2D eigenvalue weighted by Crippen LogP contribution is 2.32. The van der Waals surface area contributed by atoms with Gasteiger partial charge in [0.15, 0.2) is 5.82 Å². The van der Waals surface area contributed by atoms with Gasteiger partial charge in [0, 0.05) is 12.6 Å². The molecule has 0 unspecified atom stereocenters. The van der Waals surface area contributed by atoms with E-state index in [-0.39, 0.29) is 5.69 Å². The molecule has 0 saturated heterocycles. The zero-order valence-electron chi connectivity index (χ0n) is 8.39. The molecule has 1 fully saturated rings. The van der Waals surface area contributed by atoms with Crippen LogP contribution in [-0.4, -0.2) is 6.54 Å². The molecule has 1 aliphatic carbocycles. The highest BCUT2D eigenvalue weighted by Gasteiger charge is 2.20. The number of rotatable bonds is 4. The molecule has 0 aliphatic heterocycles. The summed E-state index contributed by atoms with van der Waals surface area (Å²) in [7, 11) is 0. The zero-order valence-corrected chi connectivity index (χ0v) is 8.39. The van der Waals surface area contributed by atoms with Gasteiger partial charge in [-0.05, 0) is 18.4 Å². The standard InChI is InChI=1S/C11H14F2N2/c12-8-5-9(13)11(14)10(6-8)15-4-3-7-1-2-7/h5-7,15H,1-4,14H2. The molecule has 3 N–H and O–H groups in total. The van der Waals surface area contributed by atoms with Crippen molar-refractivity contribution in [3.8, 4) is 0 Å². The molecule has 1 saturated carbocycles. The highest BCUT2D eigenvalue weighted by molar-refractivity contribution is 5.66. The van der Waals surface area contributed by atoms with E-state index >= 15 is 0 Å². The summed E-state index contributed by atoms with van der Waals surface area (Å²) in [6.07, 6.45) is 3.58. The summed E-state index contributed by atoms with van der Waals surface area (Å²) in [4.78, 5) is 0. The number of hydrogen-bond donors (Lipinski definition) is 2. The number of anilines is 2. The summed E-state index contributed by atoms with van der Waals surface area (Å²) in [6.45, 7) is 0.720. The number of nitrogen functional groups attached to an aromatic ring is 1. The minimum absolute atomic E-state index is 0.00723. The molecule has 4 heteroatoms. The first-order chi connectivity index (χ1) is 7.16. The third-order valence-corrected chi connectivity index (χ3v) is 2.66. The Balaban J connectivity index is 1.98. The molecule has 15 heavy (non-hydrogen) atoms. The van der Waals surface area contributed by atoms with Crippen LogP contribution in [0.2, 0.25) is 0 Å². The SMILES string of the molecule is Nc1c(F)cc(F)cc1NCCC1CC1. The van der Waals surface area contributed by atoms with Crippen molar-refractivity contribution in [3.05, 3.63) is 23.8 Å². The molecule has 1 aromatic rings. The van der Waals surface area contributed by atoms with Crippen LogP contribution in [0.1, 0.15) is 19.3 Å². The van der Waals surface area contributed by atoms with Crippen LogP contribution >= 0.6 is 0 Å². The molecule has 2 rings (SSSR count). The summed E-state index contributed by atoms with van der Waals surface area (Å²) in [5.74, 6) is -0.517. The Morgan fingerprint density at radius 1 is 1.33 bits per heavy atom. The predicted molar refractivity (Wildman–Crippen MR) is 56.6 cm³/mol. The molecule has 0 heterocycles. The predicted octanol–water partition coefficient (Wildman–Crippen LogP) is 2.76. The molecular weight excluding hydrogens is 198 g/mol. The largest absolute Gasteiger partial charge is 0.395 e. The summed E-state index contributed by atoms with van der Waals surface area (Å²) in [6, 6.07) is 2.02. The fourth-order valence-corrected chi connectivity index (χ4v) is 1.55. The second-order valence-electron chi connectivity index (χ2n) is 4.01. The van der Waals surface area contributed by atoms with Gasteiger partial charge in [0.2, 0.25) is 0 Å². The Labute approximate surface area is 87.5 Å². The lowest BCUT2D eigenvalue weighted by molar-refractivity contribution is 0.587. The van der Waals surface area contributed by atoms with Crippen LogP contribution in [0.15, 0.2) is 12.1 Å². The number of benzene rings is 1. The number of halogens is 2. The van der Waals surface area contributed by atoms with E-state index in [1.807, 2.05) is 0 Å². The van der Waals surface area contributed by atoms with Gasteiger partial charge in [0.25, 0.3) is 0 Å². The van der Waals surface area contributed by atoms with E-state index in [4.69, 9.17) is 5.73 Å². The maximum atomic E-state index is 13.0. The van der Waals surface area contributed by atoms with E-state index in [1.54, 1.807) is 0 Å². The number of hydrogen-bond acceptors (Lipinski definition) is 2. The fourth-order valence-electron chi connectivity index (χ4n) is 1.55. The van der Waals surface area contributed by atoms with E-state index < -0.39 is 11.6 Å². The highest BCUT2D eigenvalue weighted by atomic mass is 19.1. The van der Waals surface area contributed by atoms with Crippen molar-refractivity contribution in [1.29, 1.82) is 0 Å². The van der Waals surface area contributed by atoms with Gasteiger partial charge in [-0.15, -0.1) is 0 Å². The van der Waals surface area contributed by atoms with Gasteiger partial charge in [-0.25, -0.2) is 8.78 Å². The Hall–Kier alpha value is -1.32. The van der Waals surface area contributed by atoms with Gasteiger partial charge < -0.3 is 11.1 Å². The molecule has 2 nitrogen and oxygen atoms in total. The summed E-state index contributed by atoms with van der Waals surface area (Å²) >= 11 is 0. The van der Waals surface area contributed by atoms with Crippen molar-refractivity contribution in [2.24, 2.45) is 5.92 Å². The molecule has 0 spiro atoms. The maximum Gasteiger partial charge on any atom is 0.151 e. The monoisotopic (exact) mass is 212 g/mol. The van der Waals surface area contributed by atoms with Crippen LogP contribution in [0.4, 0.5) is 20.2 Å². The molecule has 0 atom stereocenters. The number of nitrogens with one attached hydrogen (secondary N) is 1. The van der Waals surface area contributed by atoms with Crippen LogP contribution < -0.4 is 11.1 Å². The molecule has 1 aliphatic rings. The summed E-state index contributed by atoms with van der Waals surface area (Å²) in [5, 5.41) is 2.96. The topological polar surface area (TPSA) is 38.0 Å². The van der Waals surface area contributed by atoms with Gasteiger partial charge in [-0.2, -0.15) is 0 Å². The summed E-state index contributed by atoms with van der Waals surface area (Å²) < 4.78 is 25.9. The van der Waals surface area contributed by atoms with Crippen LogP contribution in [0, 0.1) is 17.6 Å². The fraction of sp³-hybridized carbons (Fsp3) is 0.455. The zero-order chi connectivity index (χ0) is 10.8. The smallest absolute Gasteiger partial charge is 0.151 e. The quantitative estimate of drug-likeness (QED) is 0.753. The van der Waals surface area contributed by atoms with Crippen molar-refractivity contribution >= 4 is 11.4 Å². The molecule has 0 aromatic heterocycles. The number of nitrogens with two attached hydrogens (primary N) is 1. The Morgan fingerprint density at radius 3 is 2.73 bits per heavy atom. The lowest BCUT2D eigenvalue weighted by Gasteiger charge is -2.09. The van der Waals surface area contributed by atoms with Gasteiger partial charge in [0.1, 0.15) is 5.82 Å². The van der Waals surface area contributed by atoms with Gasteiger partial charge >= 0.3 is 0 Å². The van der Waals surface area contributed by atoms with E-state index in [9.17, 15) is 8.78 Å². The molecule has 0 radical (unpaired) electrons. The van der Waals surface area contributed by atoms with Crippen molar-refractivity contribution in [2.75, 3.05) is 17.6 Å². The van der Waals surface area contributed by atoms with Crippen molar-refractivity contribution in [2.45, 2.75) is 19.3 Å². The normalized spacial score (nSPS) is 15.3. The lowest BCUT2D eigenvalue weighted by atomic mass is 10.2. The molecule has 0 amide bonds. The summed E-state index contributed by atoms with van der Waals surface area (Å²) in [5.41, 5.74) is 5.83. The van der Waals surface area contributed by atoms with Crippen molar-refractivity contribution in [1.82, 2.24) is 0 Å². The maximum absolute atomic E-state index is 13.0. The second-order valence-corrected chi connectivity index (χ2v) is 4.01. The first-order valence-electron chi connectivity index (χ1n) is 5.15. The minimum atomic E-state index is -0.705. The van der Waals surface area contributed by atoms with Crippen LogP contribution in [0.25, 0.3) is 0 Å². The lowest BCUT2D eigenvalue weighted by Crippen LogP contribution is -2.06. The van der Waals surface area contributed by atoms with Crippen LogP contribution in [0.3, 0.4) is 0 Å². The molecule has 1 aromatic carbocycles. The Kier molecular flexibility index (Phi) is 2.75. The Morgan fingerprint density at radius 2 is 2.07 bits per heavy atom. The van der Waals surface area contributed by atoms with Gasteiger partial charge in [-0.3, -0.25) is 0 Å². The first-order valence-corrected chi connectivity index (χ1v) is 5.15. The van der Waals surface area contributed by atoms with E-state index in [2.05, 4.69) is 5.32 Å². The second kappa shape index (κ2) is 4.04. The molecule has 82 valence electrons. The molecule has 0 bridgehead atoms.